The number of amidine groups is 1. The predicted octanol–water partition coefficient (Wildman–Crippen LogP) is 3.93. The van der Waals surface area contributed by atoms with Gasteiger partial charge in [-0.05, 0) is 25.0 Å². The maximum atomic E-state index is 6.39. The van der Waals surface area contributed by atoms with E-state index in [4.69, 9.17) is 10.7 Å². The van der Waals surface area contributed by atoms with Gasteiger partial charge in [-0.25, -0.2) is 4.99 Å². The number of dihydropyridines is 1. The summed E-state index contributed by atoms with van der Waals surface area (Å²) in [4.78, 5) is 9.05. The van der Waals surface area contributed by atoms with Gasteiger partial charge in [0.05, 0.1) is 0 Å². The highest BCUT2D eigenvalue weighted by Gasteiger charge is 2.17. The molecule has 4 N–H and O–H groups in total. The van der Waals surface area contributed by atoms with Gasteiger partial charge >= 0.3 is 0 Å². The first-order valence-corrected chi connectivity index (χ1v) is 9.74. The first kappa shape index (κ1) is 21.4. The molecule has 1 aliphatic rings. The van der Waals surface area contributed by atoms with E-state index in [0.29, 0.717) is 5.84 Å². The zero-order chi connectivity index (χ0) is 20.2. The molecule has 5 nitrogen and oxygen atoms in total. The minimum atomic E-state index is -0.304. The Bertz CT molecular complexity index is 771. The zero-order valence-corrected chi connectivity index (χ0v) is 16.8. The summed E-state index contributed by atoms with van der Waals surface area (Å²) in [5.41, 5.74) is 9.43. The predicted molar refractivity (Wildman–Crippen MR) is 119 cm³/mol. The van der Waals surface area contributed by atoms with Crippen LogP contribution in [0.15, 0.2) is 89.9 Å². The van der Waals surface area contributed by atoms with Gasteiger partial charge in [0.15, 0.2) is 0 Å². The molecule has 0 saturated heterocycles. The lowest BCUT2D eigenvalue weighted by molar-refractivity contribution is 0.506. The van der Waals surface area contributed by atoms with Crippen LogP contribution < -0.4 is 16.4 Å². The first-order valence-electron chi connectivity index (χ1n) is 9.74. The highest BCUT2D eigenvalue weighted by Crippen LogP contribution is 2.18. The van der Waals surface area contributed by atoms with Crippen molar-refractivity contribution in [3.8, 4) is 0 Å². The normalized spacial score (nSPS) is 17.1. The van der Waals surface area contributed by atoms with Crippen LogP contribution in [0.4, 0.5) is 0 Å². The van der Waals surface area contributed by atoms with Crippen molar-refractivity contribution < 1.29 is 0 Å². The maximum Gasteiger partial charge on any atom is 0.129 e. The molecule has 0 fully saturated rings. The van der Waals surface area contributed by atoms with E-state index in [0.717, 1.165) is 30.5 Å². The second-order valence-corrected chi connectivity index (χ2v) is 6.59. The largest absolute Gasteiger partial charge is 0.387 e. The molecule has 1 aromatic rings. The van der Waals surface area contributed by atoms with Crippen molar-refractivity contribution in [2.45, 2.75) is 38.9 Å². The topological polar surface area (TPSA) is 75.3 Å². The van der Waals surface area contributed by atoms with Gasteiger partial charge in [-0.2, -0.15) is 0 Å². The Morgan fingerprint density at radius 1 is 1.50 bits per heavy atom. The molecular formula is C23H31N5. The molecule has 2 atom stereocenters. The lowest BCUT2D eigenvalue weighted by Gasteiger charge is -2.23. The minimum Gasteiger partial charge on any atom is -0.387 e. The zero-order valence-electron chi connectivity index (χ0n) is 16.8. The van der Waals surface area contributed by atoms with Gasteiger partial charge in [0.2, 0.25) is 0 Å². The van der Waals surface area contributed by atoms with E-state index in [9.17, 15) is 0 Å². The number of nitrogens with two attached hydrogens (primary N) is 1. The molecule has 2 unspecified atom stereocenters. The number of nitrogens with zero attached hydrogens (tertiary/aromatic N) is 2. The van der Waals surface area contributed by atoms with Crippen molar-refractivity contribution >= 4 is 5.84 Å². The monoisotopic (exact) mass is 377 g/mol. The molecule has 0 aromatic carbocycles. The van der Waals surface area contributed by atoms with Crippen molar-refractivity contribution in [2.24, 2.45) is 10.7 Å². The molecule has 0 aliphatic carbocycles. The Hall–Kier alpha value is -2.92. The van der Waals surface area contributed by atoms with Crippen LogP contribution in [0.1, 0.15) is 38.4 Å². The summed E-state index contributed by atoms with van der Waals surface area (Å²) in [6.45, 7) is 8.85. The van der Waals surface area contributed by atoms with Crippen LogP contribution in [-0.4, -0.2) is 23.4 Å². The van der Waals surface area contributed by atoms with Gasteiger partial charge < -0.3 is 11.1 Å². The fourth-order valence-corrected chi connectivity index (χ4v) is 2.78. The van der Waals surface area contributed by atoms with Crippen molar-refractivity contribution in [3.63, 3.8) is 0 Å². The average Bonchev–Trinajstić information content (AvgIpc) is 2.74. The quantitative estimate of drug-likeness (QED) is 0.328. The average molecular weight is 378 g/mol. The molecule has 5 heteroatoms. The number of allylic oxidation sites excluding steroid dienone is 3. The van der Waals surface area contributed by atoms with Crippen molar-refractivity contribution in [2.75, 3.05) is 6.54 Å². The Labute approximate surface area is 168 Å². The number of hydrogen-bond acceptors (Lipinski definition) is 4. The Balaban J connectivity index is 2.31. The van der Waals surface area contributed by atoms with Crippen LogP contribution >= 0.6 is 0 Å². The summed E-state index contributed by atoms with van der Waals surface area (Å²) in [7, 11) is 0. The number of unbranched alkanes of at least 4 members (excludes halogenated alkanes) is 1. The second-order valence-electron chi connectivity index (χ2n) is 6.59. The summed E-state index contributed by atoms with van der Waals surface area (Å²) < 4.78 is 0. The van der Waals surface area contributed by atoms with Crippen LogP contribution in [0.5, 0.6) is 0 Å². The van der Waals surface area contributed by atoms with Crippen molar-refractivity contribution in [1.82, 2.24) is 15.6 Å². The van der Waals surface area contributed by atoms with Gasteiger partial charge in [0.25, 0.3) is 0 Å². The van der Waals surface area contributed by atoms with Crippen LogP contribution in [0.3, 0.4) is 0 Å². The van der Waals surface area contributed by atoms with Gasteiger partial charge in [0.1, 0.15) is 12.0 Å². The van der Waals surface area contributed by atoms with E-state index in [2.05, 4.69) is 54.3 Å². The number of pyridine rings is 1. The van der Waals surface area contributed by atoms with E-state index in [1.165, 1.54) is 5.57 Å². The molecular weight excluding hydrogens is 346 g/mol. The van der Waals surface area contributed by atoms with Crippen LogP contribution in [0.2, 0.25) is 0 Å². The fraction of sp³-hybridized carbons (Fsp3) is 0.304. The molecule has 0 saturated carbocycles. The summed E-state index contributed by atoms with van der Waals surface area (Å²) >= 11 is 0. The third-order valence-electron chi connectivity index (χ3n) is 4.35. The smallest absolute Gasteiger partial charge is 0.129 e. The highest BCUT2D eigenvalue weighted by atomic mass is 15.1. The summed E-state index contributed by atoms with van der Waals surface area (Å²) in [6.07, 6.45) is 19.2. The highest BCUT2D eigenvalue weighted by molar-refractivity contribution is 5.99. The molecule has 0 bridgehead atoms. The number of rotatable bonds is 10. The van der Waals surface area contributed by atoms with Crippen molar-refractivity contribution in [1.29, 1.82) is 0 Å². The van der Waals surface area contributed by atoms with E-state index in [1.807, 2.05) is 36.7 Å². The maximum absolute atomic E-state index is 6.39. The molecule has 2 heterocycles. The van der Waals surface area contributed by atoms with Crippen molar-refractivity contribution in [3.05, 3.63) is 90.5 Å². The van der Waals surface area contributed by atoms with E-state index >= 15 is 0 Å². The van der Waals surface area contributed by atoms with Gasteiger partial charge in [-0.15, -0.1) is 0 Å². The molecule has 0 amide bonds. The first-order chi connectivity index (χ1) is 13.7. The standard InChI is InChI=1S/C23H31N5/c1-4-6-10-19(11-7-5-2)22(24)28-23(21-13-9-15-26-17-21)27-18(3)20-12-8-14-25-16-20/h4,6,8-13,15-18,23,25,27H,1,5,7,14H2,2-3H3,(H2,24,28)/b10-6-,19-11+. The Morgan fingerprint density at radius 2 is 2.36 bits per heavy atom. The molecule has 0 spiro atoms. The summed E-state index contributed by atoms with van der Waals surface area (Å²) in [6, 6.07) is 4.01. The number of aromatic nitrogens is 1. The van der Waals surface area contributed by atoms with Crippen LogP contribution in [-0.2, 0) is 0 Å². The molecule has 2 rings (SSSR count). The Kier molecular flexibility index (Phi) is 8.95. The van der Waals surface area contributed by atoms with Gasteiger partial charge in [-0.3, -0.25) is 10.3 Å². The second kappa shape index (κ2) is 11.7. The molecule has 148 valence electrons. The lowest BCUT2D eigenvalue weighted by atomic mass is 10.1. The summed E-state index contributed by atoms with van der Waals surface area (Å²) in [5.74, 6) is 0.492. The number of hydrogen-bond donors (Lipinski definition) is 3. The minimum absolute atomic E-state index is 0.0950. The van der Waals surface area contributed by atoms with E-state index in [1.54, 1.807) is 12.3 Å². The third-order valence-corrected chi connectivity index (χ3v) is 4.35. The van der Waals surface area contributed by atoms with E-state index in [-0.39, 0.29) is 12.2 Å². The fourth-order valence-electron chi connectivity index (χ4n) is 2.78. The summed E-state index contributed by atoms with van der Waals surface area (Å²) in [5, 5.41) is 6.81. The van der Waals surface area contributed by atoms with Crippen LogP contribution in [0, 0.1) is 0 Å². The molecule has 1 aromatic heterocycles. The SMILES string of the molecule is C=C\C=C/C(=C\CCC)C(/N)=N/C(NC(C)C1=CNCC=C1)c1cccnc1. The molecule has 0 radical (unpaired) electrons. The third kappa shape index (κ3) is 6.67. The number of aliphatic imine (C=N–C) groups is 1. The van der Waals surface area contributed by atoms with Gasteiger partial charge in [0, 0.05) is 42.3 Å². The van der Waals surface area contributed by atoms with Crippen LogP contribution in [0.25, 0.3) is 0 Å². The van der Waals surface area contributed by atoms with Gasteiger partial charge in [-0.1, -0.05) is 62.4 Å². The Morgan fingerprint density at radius 3 is 3.00 bits per heavy atom. The lowest BCUT2D eigenvalue weighted by Crippen LogP contribution is -2.33. The number of nitrogens with one attached hydrogen (secondary N) is 2. The van der Waals surface area contributed by atoms with E-state index < -0.39 is 0 Å². The molecule has 1 aliphatic heterocycles. The molecule has 28 heavy (non-hydrogen) atoms.